The third kappa shape index (κ3) is 0.939. The summed E-state index contributed by atoms with van der Waals surface area (Å²) in [6.07, 6.45) is 0.909. The van der Waals surface area contributed by atoms with Crippen molar-refractivity contribution in [2.45, 2.75) is 18.4 Å². The van der Waals surface area contributed by atoms with Gasteiger partial charge in [-0.25, -0.2) is 4.79 Å². The number of amides is 1. The maximum atomic E-state index is 11.9. The number of rotatable bonds is 2. The molecule has 4 nitrogen and oxygen atoms in total. The van der Waals surface area contributed by atoms with Gasteiger partial charge in [0.15, 0.2) is 0 Å². The SMILES string of the molecule is O=C1C2CC(C(=O)O)(C2)N1c1ccccc1. The Hall–Kier alpha value is -1.84. The zero-order chi connectivity index (χ0) is 11.3. The van der Waals surface area contributed by atoms with Crippen LogP contribution in [0.15, 0.2) is 30.3 Å². The fourth-order valence-electron chi connectivity index (χ4n) is 2.73. The van der Waals surface area contributed by atoms with Crippen molar-refractivity contribution in [2.24, 2.45) is 5.92 Å². The van der Waals surface area contributed by atoms with Crippen LogP contribution in [0.2, 0.25) is 0 Å². The number of hydrogen-bond acceptors (Lipinski definition) is 2. The average Bonchev–Trinajstić information content (AvgIpc) is 2.66. The van der Waals surface area contributed by atoms with Gasteiger partial charge in [-0.05, 0) is 25.0 Å². The lowest BCUT2D eigenvalue weighted by atomic mass is 9.73. The second-order valence-corrected chi connectivity index (χ2v) is 4.45. The Kier molecular flexibility index (Phi) is 1.67. The molecule has 0 spiro atoms. The fourth-order valence-corrected chi connectivity index (χ4v) is 2.73. The molecule has 82 valence electrons. The van der Waals surface area contributed by atoms with Gasteiger partial charge in [-0.1, -0.05) is 18.2 Å². The summed E-state index contributed by atoms with van der Waals surface area (Å²) in [5.41, 5.74) is -0.279. The van der Waals surface area contributed by atoms with E-state index >= 15 is 0 Å². The van der Waals surface area contributed by atoms with E-state index in [0.29, 0.717) is 18.5 Å². The molecule has 0 atom stereocenters. The van der Waals surface area contributed by atoms with Crippen LogP contribution >= 0.6 is 0 Å². The Balaban J connectivity index is 2.07. The minimum Gasteiger partial charge on any atom is -0.479 e. The molecule has 1 saturated carbocycles. The minimum absolute atomic E-state index is 0.0476. The first-order valence-corrected chi connectivity index (χ1v) is 5.28. The second kappa shape index (κ2) is 2.84. The average molecular weight is 217 g/mol. The smallest absolute Gasteiger partial charge is 0.330 e. The highest BCUT2D eigenvalue weighted by Crippen LogP contribution is 2.53. The number of hydrogen-bond donors (Lipinski definition) is 1. The summed E-state index contributed by atoms with van der Waals surface area (Å²) in [4.78, 5) is 24.7. The van der Waals surface area contributed by atoms with Crippen LogP contribution in [0.1, 0.15) is 12.8 Å². The Labute approximate surface area is 92.5 Å². The minimum atomic E-state index is -0.969. The van der Waals surface area contributed by atoms with Crippen LogP contribution in [0.25, 0.3) is 0 Å². The lowest BCUT2D eigenvalue weighted by Crippen LogP contribution is -2.53. The molecule has 0 unspecified atom stereocenters. The van der Waals surface area contributed by atoms with E-state index in [4.69, 9.17) is 0 Å². The molecule has 1 aromatic carbocycles. The van der Waals surface area contributed by atoms with Crippen molar-refractivity contribution in [3.63, 3.8) is 0 Å². The van der Waals surface area contributed by atoms with Crippen molar-refractivity contribution < 1.29 is 14.7 Å². The second-order valence-electron chi connectivity index (χ2n) is 4.45. The lowest BCUT2D eigenvalue weighted by molar-refractivity contribution is -0.145. The Morgan fingerprint density at radius 1 is 1.31 bits per heavy atom. The first-order valence-electron chi connectivity index (χ1n) is 5.28. The van der Waals surface area contributed by atoms with Gasteiger partial charge in [0.25, 0.3) is 0 Å². The summed E-state index contributed by atoms with van der Waals surface area (Å²) in [5.74, 6) is -1.02. The molecule has 3 aliphatic rings. The summed E-state index contributed by atoms with van der Waals surface area (Å²) in [5, 5.41) is 9.27. The van der Waals surface area contributed by atoms with Crippen molar-refractivity contribution in [3.05, 3.63) is 30.3 Å². The molecule has 4 heteroatoms. The highest BCUT2D eigenvalue weighted by Gasteiger charge is 2.66. The zero-order valence-corrected chi connectivity index (χ0v) is 8.59. The van der Waals surface area contributed by atoms with E-state index in [1.165, 1.54) is 4.90 Å². The predicted molar refractivity (Wildman–Crippen MR) is 57.0 cm³/mol. The topological polar surface area (TPSA) is 57.6 Å². The molecule has 16 heavy (non-hydrogen) atoms. The van der Waals surface area contributed by atoms with Crippen molar-refractivity contribution in [1.29, 1.82) is 0 Å². The molecule has 3 fully saturated rings. The van der Waals surface area contributed by atoms with Gasteiger partial charge in [-0.15, -0.1) is 0 Å². The zero-order valence-electron chi connectivity index (χ0n) is 8.59. The third-order valence-corrected chi connectivity index (χ3v) is 3.58. The van der Waals surface area contributed by atoms with Crippen LogP contribution < -0.4 is 4.90 Å². The normalized spacial score (nSPS) is 31.4. The molecule has 2 heterocycles. The Morgan fingerprint density at radius 3 is 2.50 bits per heavy atom. The van der Waals surface area contributed by atoms with E-state index in [-0.39, 0.29) is 11.8 Å². The number of anilines is 1. The standard InChI is InChI=1S/C12H11NO3/c14-10-8-6-12(7-8,11(15)16)13(10)9-4-2-1-3-5-9/h1-5,8H,6-7H2,(H,15,16). The van der Waals surface area contributed by atoms with Gasteiger partial charge in [-0.2, -0.15) is 0 Å². The summed E-state index contributed by atoms with van der Waals surface area (Å²) in [6, 6.07) is 9.04. The molecular formula is C12H11NO3. The molecule has 4 rings (SSSR count). The summed E-state index contributed by atoms with van der Waals surface area (Å²) >= 11 is 0. The van der Waals surface area contributed by atoms with Crippen molar-refractivity contribution in [2.75, 3.05) is 4.90 Å². The van der Waals surface area contributed by atoms with E-state index in [1.807, 2.05) is 18.2 Å². The number of fused-ring (bicyclic) bond motifs is 1. The first kappa shape index (κ1) is 9.39. The maximum absolute atomic E-state index is 11.9. The number of benzene rings is 1. The summed E-state index contributed by atoms with van der Waals surface area (Å²) < 4.78 is 0. The first-order chi connectivity index (χ1) is 7.65. The van der Waals surface area contributed by atoms with Gasteiger partial charge in [0.05, 0.1) is 0 Å². The highest BCUT2D eigenvalue weighted by molar-refractivity contribution is 6.10. The Morgan fingerprint density at radius 2 is 1.94 bits per heavy atom. The molecular weight excluding hydrogens is 206 g/mol. The van der Waals surface area contributed by atoms with E-state index in [9.17, 15) is 14.7 Å². The van der Waals surface area contributed by atoms with Crippen LogP contribution in [-0.4, -0.2) is 22.5 Å². The van der Waals surface area contributed by atoms with Crippen LogP contribution in [-0.2, 0) is 9.59 Å². The highest BCUT2D eigenvalue weighted by atomic mass is 16.4. The third-order valence-electron chi connectivity index (χ3n) is 3.58. The van der Waals surface area contributed by atoms with E-state index in [2.05, 4.69) is 0 Å². The summed E-state index contributed by atoms with van der Waals surface area (Å²) in [6.45, 7) is 0. The molecule has 1 aliphatic carbocycles. The summed E-state index contributed by atoms with van der Waals surface area (Å²) in [7, 11) is 0. The molecule has 2 saturated heterocycles. The molecule has 1 N–H and O–H groups in total. The number of carbonyl (C=O) groups is 2. The largest absolute Gasteiger partial charge is 0.479 e. The molecule has 0 radical (unpaired) electrons. The van der Waals surface area contributed by atoms with Crippen LogP contribution in [0.4, 0.5) is 5.69 Å². The van der Waals surface area contributed by atoms with Gasteiger partial charge in [-0.3, -0.25) is 9.69 Å². The van der Waals surface area contributed by atoms with Gasteiger partial charge < -0.3 is 5.11 Å². The number of para-hydroxylation sites is 1. The van der Waals surface area contributed by atoms with E-state index in [1.54, 1.807) is 12.1 Å². The van der Waals surface area contributed by atoms with Crippen LogP contribution in [0.5, 0.6) is 0 Å². The van der Waals surface area contributed by atoms with E-state index < -0.39 is 11.5 Å². The number of aliphatic carboxylic acids is 1. The van der Waals surface area contributed by atoms with Gasteiger partial charge in [0, 0.05) is 11.6 Å². The van der Waals surface area contributed by atoms with Gasteiger partial charge in [0.2, 0.25) is 5.91 Å². The predicted octanol–water partition coefficient (Wildman–Crippen LogP) is 1.27. The van der Waals surface area contributed by atoms with Crippen LogP contribution in [0.3, 0.4) is 0 Å². The van der Waals surface area contributed by atoms with Crippen molar-refractivity contribution in [3.8, 4) is 0 Å². The maximum Gasteiger partial charge on any atom is 0.330 e. The van der Waals surface area contributed by atoms with Crippen molar-refractivity contribution in [1.82, 2.24) is 0 Å². The molecule has 1 amide bonds. The number of nitrogens with zero attached hydrogens (tertiary/aromatic N) is 1. The van der Waals surface area contributed by atoms with Crippen molar-refractivity contribution >= 4 is 17.6 Å². The molecule has 1 aromatic rings. The lowest BCUT2D eigenvalue weighted by Gasteiger charge is -2.36. The number of carboxylic acid groups (broad SMARTS) is 1. The van der Waals surface area contributed by atoms with Gasteiger partial charge in [0.1, 0.15) is 5.54 Å². The van der Waals surface area contributed by atoms with Crippen LogP contribution in [0, 0.1) is 5.92 Å². The number of carboxylic acids is 1. The monoisotopic (exact) mass is 217 g/mol. The molecule has 2 bridgehead atoms. The fraction of sp³-hybridized carbons (Fsp3) is 0.333. The van der Waals surface area contributed by atoms with Gasteiger partial charge >= 0.3 is 5.97 Å². The molecule has 0 aromatic heterocycles. The number of carbonyl (C=O) groups excluding carboxylic acids is 1. The van der Waals surface area contributed by atoms with E-state index in [0.717, 1.165) is 0 Å². The molecule has 2 aliphatic heterocycles. The Bertz CT molecular complexity index is 462. The quantitative estimate of drug-likeness (QED) is 0.811.